The Kier molecular flexibility index (Phi) is 4.20. The van der Waals surface area contributed by atoms with E-state index in [4.69, 9.17) is 4.74 Å². The molecule has 1 aliphatic heterocycles. The molecule has 1 aliphatic rings. The Balaban J connectivity index is 1.84. The highest BCUT2D eigenvalue weighted by Gasteiger charge is 2.23. The number of amides is 1. The van der Waals surface area contributed by atoms with Crippen molar-refractivity contribution in [1.29, 1.82) is 0 Å². The first-order chi connectivity index (χ1) is 8.65. The molecule has 4 heteroatoms. The zero-order valence-corrected chi connectivity index (χ0v) is 10.6. The van der Waals surface area contributed by atoms with Gasteiger partial charge in [0.05, 0.1) is 13.0 Å². The van der Waals surface area contributed by atoms with Crippen LogP contribution in [0.4, 0.5) is 0 Å². The molecule has 0 saturated carbocycles. The van der Waals surface area contributed by atoms with E-state index < -0.39 is 0 Å². The van der Waals surface area contributed by atoms with E-state index in [1.54, 1.807) is 18.2 Å². The van der Waals surface area contributed by atoms with Crippen LogP contribution in [0.3, 0.4) is 0 Å². The van der Waals surface area contributed by atoms with Crippen LogP contribution in [-0.4, -0.2) is 30.3 Å². The van der Waals surface area contributed by atoms with Crippen LogP contribution < -0.4 is 5.32 Å². The lowest BCUT2D eigenvalue weighted by atomic mass is 10.0. The number of phenolic OH excluding ortho intramolecular Hbond substituents is 1. The van der Waals surface area contributed by atoms with Crippen LogP contribution in [0.25, 0.3) is 0 Å². The van der Waals surface area contributed by atoms with Crippen LogP contribution in [0.5, 0.6) is 5.75 Å². The van der Waals surface area contributed by atoms with Crippen molar-refractivity contribution in [2.24, 2.45) is 5.92 Å². The van der Waals surface area contributed by atoms with E-state index >= 15 is 0 Å². The summed E-state index contributed by atoms with van der Waals surface area (Å²) in [6.07, 6.45) is 1.31. The first-order valence-corrected chi connectivity index (χ1v) is 6.30. The molecule has 1 aromatic rings. The highest BCUT2D eigenvalue weighted by atomic mass is 16.5. The van der Waals surface area contributed by atoms with Gasteiger partial charge < -0.3 is 15.2 Å². The Hall–Kier alpha value is -1.55. The number of aromatic hydroxyl groups is 1. The van der Waals surface area contributed by atoms with Crippen molar-refractivity contribution < 1.29 is 14.6 Å². The van der Waals surface area contributed by atoms with E-state index in [1.807, 2.05) is 13.0 Å². The lowest BCUT2D eigenvalue weighted by Crippen LogP contribution is -2.39. The fourth-order valence-corrected chi connectivity index (χ4v) is 2.22. The average Bonchev–Trinajstić information content (AvgIpc) is 2.81. The van der Waals surface area contributed by atoms with E-state index in [0.717, 1.165) is 25.2 Å². The summed E-state index contributed by atoms with van der Waals surface area (Å²) < 4.78 is 5.31. The minimum absolute atomic E-state index is 0.0139. The second kappa shape index (κ2) is 5.87. The minimum Gasteiger partial charge on any atom is -0.508 e. The van der Waals surface area contributed by atoms with Crippen LogP contribution >= 0.6 is 0 Å². The maximum Gasteiger partial charge on any atom is 0.224 e. The summed E-state index contributed by atoms with van der Waals surface area (Å²) in [7, 11) is 0. The smallest absolute Gasteiger partial charge is 0.224 e. The van der Waals surface area contributed by atoms with Gasteiger partial charge in [-0.1, -0.05) is 12.1 Å². The third-order valence-electron chi connectivity index (χ3n) is 3.34. The molecule has 1 fully saturated rings. The van der Waals surface area contributed by atoms with Gasteiger partial charge in [0.15, 0.2) is 0 Å². The Labute approximate surface area is 107 Å². The molecule has 18 heavy (non-hydrogen) atoms. The van der Waals surface area contributed by atoms with Gasteiger partial charge in [-0.3, -0.25) is 4.79 Å². The third-order valence-corrected chi connectivity index (χ3v) is 3.34. The third kappa shape index (κ3) is 3.47. The van der Waals surface area contributed by atoms with Gasteiger partial charge in [0.25, 0.3) is 0 Å². The molecule has 1 aromatic carbocycles. The van der Waals surface area contributed by atoms with Crippen molar-refractivity contribution in [2.75, 3.05) is 13.2 Å². The number of hydrogen-bond donors (Lipinski definition) is 2. The molecule has 0 aliphatic carbocycles. The maximum atomic E-state index is 11.9. The highest BCUT2D eigenvalue weighted by Crippen LogP contribution is 2.17. The molecule has 2 N–H and O–H groups in total. The molecule has 0 spiro atoms. The van der Waals surface area contributed by atoms with Gasteiger partial charge in [-0.15, -0.1) is 0 Å². The Bertz CT molecular complexity index is 413. The normalized spacial score (nSPS) is 20.6. The molecule has 2 rings (SSSR count). The van der Waals surface area contributed by atoms with Crippen LogP contribution in [0.1, 0.15) is 18.9 Å². The number of nitrogens with one attached hydrogen (secondary N) is 1. The summed E-state index contributed by atoms with van der Waals surface area (Å²) >= 11 is 0. The summed E-state index contributed by atoms with van der Waals surface area (Å²) in [5.41, 5.74) is 0.822. The summed E-state index contributed by atoms with van der Waals surface area (Å²) in [5.74, 6) is 0.593. The van der Waals surface area contributed by atoms with Gasteiger partial charge in [0, 0.05) is 18.6 Å². The monoisotopic (exact) mass is 249 g/mol. The molecule has 98 valence electrons. The molecule has 1 heterocycles. The van der Waals surface area contributed by atoms with E-state index in [9.17, 15) is 9.90 Å². The Morgan fingerprint density at radius 2 is 2.44 bits per heavy atom. The number of carbonyl (C=O) groups is 1. The zero-order valence-electron chi connectivity index (χ0n) is 10.6. The van der Waals surface area contributed by atoms with Crippen molar-refractivity contribution >= 4 is 5.91 Å². The second-order valence-electron chi connectivity index (χ2n) is 4.83. The van der Waals surface area contributed by atoms with E-state index in [1.165, 1.54) is 0 Å². The molecule has 2 atom stereocenters. The van der Waals surface area contributed by atoms with Gasteiger partial charge >= 0.3 is 0 Å². The number of phenols is 1. The standard InChI is InChI=1S/C14H19NO3/c1-10(12-5-6-18-9-12)15-14(17)8-11-3-2-4-13(16)7-11/h2-4,7,10,12,16H,5-6,8-9H2,1H3,(H,15,17). The number of ether oxygens (including phenoxy) is 1. The SMILES string of the molecule is CC(NC(=O)Cc1cccc(O)c1)C1CCOC1. The second-order valence-corrected chi connectivity index (χ2v) is 4.83. The summed E-state index contributed by atoms with van der Waals surface area (Å²) in [6, 6.07) is 6.93. The van der Waals surface area contributed by atoms with Gasteiger partial charge in [0.2, 0.25) is 5.91 Å². The Morgan fingerprint density at radius 3 is 3.11 bits per heavy atom. The van der Waals surface area contributed by atoms with E-state index in [2.05, 4.69) is 5.32 Å². The van der Waals surface area contributed by atoms with Crippen LogP contribution in [0.15, 0.2) is 24.3 Å². The van der Waals surface area contributed by atoms with Crippen molar-refractivity contribution in [2.45, 2.75) is 25.8 Å². The average molecular weight is 249 g/mol. The van der Waals surface area contributed by atoms with Gasteiger partial charge in [-0.25, -0.2) is 0 Å². The van der Waals surface area contributed by atoms with E-state index in [-0.39, 0.29) is 17.7 Å². The topological polar surface area (TPSA) is 58.6 Å². The van der Waals surface area contributed by atoms with Crippen molar-refractivity contribution in [3.05, 3.63) is 29.8 Å². The highest BCUT2D eigenvalue weighted by molar-refractivity contribution is 5.78. The first kappa shape index (κ1) is 12.9. The van der Waals surface area contributed by atoms with Crippen LogP contribution in [-0.2, 0) is 16.0 Å². The first-order valence-electron chi connectivity index (χ1n) is 6.30. The quantitative estimate of drug-likeness (QED) is 0.849. The molecule has 0 bridgehead atoms. The van der Waals surface area contributed by atoms with Crippen molar-refractivity contribution in [3.63, 3.8) is 0 Å². The largest absolute Gasteiger partial charge is 0.508 e. The van der Waals surface area contributed by atoms with Crippen LogP contribution in [0.2, 0.25) is 0 Å². The van der Waals surface area contributed by atoms with Crippen LogP contribution in [0, 0.1) is 5.92 Å². The number of benzene rings is 1. The summed E-state index contributed by atoms with van der Waals surface area (Å²) in [4.78, 5) is 11.9. The molecule has 1 saturated heterocycles. The summed E-state index contributed by atoms with van der Waals surface area (Å²) in [5, 5.41) is 12.3. The molecule has 0 aromatic heterocycles. The Morgan fingerprint density at radius 1 is 1.61 bits per heavy atom. The molecule has 1 amide bonds. The van der Waals surface area contributed by atoms with E-state index in [0.29, 0.717) is 12.3 Å². The fraction of sp³-hybridized carbons (Fsp3) is 0.500. The van der Waals surface area contributed by atoms with Gasteiger partial charge in [0.1, 0.15) is 5.75 Å². The minimum atomic E-state index is -0.0139. The molecule has 2 unspecified atom stereocenters. The van der Waals surface area contributed by atoms with Crippen molar-refractivity contribution in [1.82, 2.24) is 5.32 Å². The molecule has 4 nitrogen and oxygen atoms in total. The number of carbonyl (C=O) groups excluding carboxylic acids is 1. The van der Waals surface area contributed by atoms with Gasteiger partial charge in [-0.05, 0) is 31.0 Å². The van der Waals surface area contributed by atoms with Crippen molar-refractivity contribution in [3.8, 4) is 5.75 Å². The molecular weight excluding hydrogens is 230 g/mol. The lowest BCUT2D eigenvalue weighted by molar-refractivity contribution is -0.121. The number of rotatable bonds is 4. The molecular formula is C14H19NO3. The lowest BCUT2D eigenvalue weighted by Gasteiger charge is -2.19. The predicted octanol–water partition coefficient (Wildman–Crippen LogP) is 1.48. The fourth-order valence-electron chi connectivity index (χ4n) is 2.22. The van der Waals surface area contributed by atoms with Gasteiger partial charge in [-0.2, -0.15) is 0 Å². The predicted molar refractivity (Wildman–Crippen MR) is 68.3 cm³/mol. The maximum absolute atomic E-state index is 11.9. The number of hydrogen-bond acceptors (Lipinski definition) is 3. The molecule has 0 radical (unpaired) electrons. The summed E-state index contributed by atoms with van der Waals surface area (Å²) in [6.45, 7) is 3.53. The zero-order chi connectivity index (χ0) is 13.0.